The third-order valence-corrected chi connectivity index (χ3v) is 5.00. The highest BCUT2D eigenvalue weighted by atomic mass is 35.5. The zero-order chi connectivity index (χ0) is 19.6. The summed E-state index contributed by atoms with van der Waals surface area (Å²) in [5.74, 6) is 0.495. The Balaban J connectivity index is 1.84. The molecule has 1 saturated heterocycles. The molecule has 0 spiro atoms. The van der Waals surface area contributed by atoms with Crippen molar-refractivity contribution < 1.29 is 29.9 Å². The van der Waals surface area contributed by atoms with Crippen molar-refractivity contribution in [2.24, 2.45) is 0 Å². The summed E-state index contributed by atoms with van der Waals surface area (Å²) >= 11 is 5.94. The second kappa shape index (κ2) is 8.56. The van der Waals surface area contributed by atoms with Crippen molar-refractivity contribution in [3.05, 3.63) is 64.2 Å². The first-order valence-corrected chi connectivity index (χ1v) is 9.08. The highest BCUT2D eigenvalue weighted by Crippen LogP contribution is 2.30. The molecule has 2 aromatic carbocycles. The van der Waals surface area contributed by atoms with Gasteiger partial charge in [0.05, 0.1) is 6.61 Å². The lowest BCUT2D eigenvalue weighted by Gasteiger charge is -2.39. The fourth-order valence-electron chi connectivity index (χ4n) is 3.11. The summed E-state index contributed by atoms with van der Waals surface area (Å²) < 4.78 is 11.3. The van der Waals surface area contributed by atoms with Gasteiger partial charge in [-0.05, 0) is 36.2 Å². The van der Waals surface area contributed by atoms with Crippen molar-refractivity contribution in [2.75, 3.05) is 6.61 Å². The molecule has 0 radical (unpaired) electrons. The van der Waals surface area contributed by atoms with Crippen LogP contribution in [0.5, 0.6) is 5.75 Å². The summed E-state index contributed by atoms with van der Waals surface area (Å²) in [7, 11) is 0. The van der Waals surface area contributed by atoms with Crippen LogP contribution in [0.1, 0.15) is 16.7 Å². The molecule has 4 N–H and O–H groups in total. The molecule has 0 aliphatic carbocycles. The third kappa shape index (κ3) is 4.43. The minimum absolute atomic E-state index is 0.495. The predicted molar refractivity (Wildman–Crippen MR) is 99.8 cm³/mol. The number of rotatable bonds is 5. The molecule has 1 heterocycles. The molecular weight excluding hydrogens is 372 g/mol. The molecule has 0 saturated carbocycles. The van der Waals surface area contributed by atoms with E-state index >= 15 is 0 Å². The Morgan fingerprint density at radius 3 is 2.37 bits per heavy atom. The first kappa shape index (κ1) is 20.1. The highest BCUT2D eigenvalue weighted by Gasteiger charge is 2.44. The van der Waals surface area contributed by atoms with E-state index in [2.05, 4.69) is 0 Å². The number of aliphatic hydroxyl groups is 4. The van der Waals surface area contributed by atoms with Gasteiger partial charge in [-0.1, -0.05) is 35.9 Å². The topological polar surface area (TPSA) is 99.4 Å². The van der Waals surface area contributed by atoms with E-state index in [0.717, 1.165) is 16.7 Å². The van der Waals surface area contributed by atoms with Crippen LogP contribution in [0.25, 0.3) is 0 Å². The van der Waals surface area contributed by atoms with E-state index < -0.39 is 37.3 Å². The first-order chi connectivity index (χ1) is 12.9. The molecule has 1 fully saturated rings. The molecule has 7 heteroatoms. The molecular formula is C20H23ClO6. The third-order valence-electron chi connectivity index (χ3n) is 4.75. The average Bonchev–Trinajstić information content (AvgIpc) is 2.66. The molecule has 1 aliphatic heterocycles. The van der Waals surface area contributed by atoms with Gasteiger partial charge in [0, 0.05) is 17.0 Å². The van der Waals surface area contributed by atoms with Gasteiger partial charge in [0.25, 0.3) is 0 Å². The van der Waals surface area contributed by atoms with Gasteiger partial charge in [-0.2, -0.15) is 0 Å². The Kier molecular flexibility index (Phi) is 6.37. The zero-order valence-corrected chi connectivity index (χ0v) is 15.6. The fraction of sp³-hybridized carbons (Fsp3) is 0.400. The van der Waals surface area contributed by atoms with Crippen LogP contribution in [0.3, 0.4) is 0 Å². The summed E-state index contributed by atoms with van der Waals surface area (Å²) in [5, 5.41) is 40.0. The van der Waals surface area contributed by atoms with Crippen LogP contribution in [0.4, 0.5) is 0 Å². The Labute approximate surface area is 162 Å². The second-order valence-corrected chi connectivity index (χ2v) is 7.11. The molecule has 0 bridgehead atoms. The van der Waals surface area contributed by atoms with Crippen LogP contribution in [-0.2, 0) is 11.2 Å². The van der Waals surface area contributed by atoms with E-state index in [9.17, 15) is 20.4 Å². The average molecular weight is 395 g/mol. The Morgan fingerprint density at radius 1 is 1.00 bits per heavy atom. The molecule has 27 heavy (non-hydrogen) atoms. The largest absolute Gasteiger partial charge is 0.462 e. The smallest absolute Gasteiger partial charge is 0.229 e. The summed E-state index contributed by atoms with van der Waals surface area (Å²) in [6.45, 7) is 1.45. The van der Waals surface area contributed by atoms with Crippen LogP contribution in [0.15, 0.2) is 42.5 Å². The van der Waals surface area contributed by atoms with Crippen molar-refractivity contribution in [1.29, 1.82) is 0 Å². The first-order valence-electron chi connectivity index (χ1n) is 8.71. The molecule has 6 nitrogen and oxygen atoms in total. The lowest BCUT2D eigenvalue weighted by atomic mass is 9.98. The van der Waals surface area contributed by atoms with Gasteiger partial charge in [0.1, 0.15) is 30.2 Å². The van der Waals surface area contributed by atoms with Crippen LogP contribution in [-0.4, -0.2) is 57.7 Å². The molecule has 0 unspecified atom stereocenters. The van der Waals surface area contributed by atoms with Crippen molar-refractivity contribution in [2.45, 2.75) is 44.1 Å². The SMILES string of the molecule is Cc1cccc(O[C@@H]2O[C@H](CO)[C@@H](O)[C@H](O)[C@H]2O)c1Cc1ccc(Cl)cc1. The van der Waals surface area contributed by atoms with Gasteiger partial charge in [-0.25, -0.2) is 0 Å². The standard InChI is InChI=1S/C20H23ClO6/c1-11-3-2-4-15(14(11)9-12-5-7-13(21)8-6-12)26-20-19(25)18(24)17(23)16(10-22)27-20/h2-8,16-20,22-25H,9-10H2,1H3/t16-,17-,18+,19-,20-/m1/s1. The fourth-order valence-corrected chi connectivity index (χ4v) is 3.23. The lowest BCUT2D eigenvalue weighted by Crippen LogP contribution is -2.60. The summed E-state index contributed by atoms with van der Waals surface area (Å²) in [6, 6.07) is 13.0. The molecule has 146 valence electrons. The highest BCUT2D eigenvalue weighted by molar-refractivity contribution is 6.30. The monoisotopic (exact) mass is 394 g/mol. The van der Waals surface area contributed by atoms with Gasteiger partial charge >= 0.3 is 0 Å². The van der Waals surface area contributed by atoms with Crippen molar-refractivity contribution in [1.82, 2.24) is 0 Å². The molecule has 5 atom stereocenters. The molecule has 0 amide bonds. The van der Waals surface area contributed by atoms with Crippen molar-refractivity contribution in [3.63, 3.8) is 0 Å². The van der Waals surface area contributed by atoms with Gasteiger partial charge in [-0.15, -0.1) is 0 Å². The number of benzene rings is 2. The van der Waals surface area contributed by atoms with Crippen LogP contribution in [0, 0.1) is 6.92 Å². The van der Waals surface area contributed by atoms with Crippen LogP contribution >= 0.6 is 11.6 Å². The molecule has 1 aliphatic rings. The summed E-state index contributed by atoms with van der Waals surface area (Å²) in [6.07, 6.45) is -6.01. The summed E-state index contributed by atoms with van der Waals surface area (Å²) in [5.41, 5.74) is 2.93. The Hall–Kier alpha value is -1.67. The van der Waals surface area contributed by atoms with Crippen LogP contribution < -0.4 is 4.74 Å². The van der Waals surface area contributed by atoms with Gasteiger partial charge in [0.15, 0.2) is 0 Å². The number of ether oxygens (including phenoxy) is 2. The number of aryl methyl sites for hydroxylation is 1. The second-order valence-electron chi connectivity index (χ2n) is 6.67. The maximum absolute atomic E-state index is 10.2. The van der Waals surface area contributed by atoms with Gasteiger partial charge in [-0.3, -0.25) is 0 Å². The van der Waals surface area contributed by atoms with Gasteiger partial charge in [0.2, 0.25) is 6.29 Å². The van der Waals surface area contributed by atoms with Crippen molar-refractivity contribution in [3.8, 4) is 5.75 Å². The maximum Gasteiger partial charge on any atom is 0.229 e. The minimum atomic E-state index is -1.48. The quantitative estimate of drug-likeness (QED) is 0.612. The van der Waals surface area contributed by atoms with E-state index in [1.165, 1.54) is 0 Å². The number of halogens is 1. The zero-order valence-electron chi connectivity index (χ0n) is 14.8. The number of aliphatic hydroxyl groups excluding tert-OH is 4. The van der Waals surface area contributed by atoms with E-state index in [4.69, 9.17) is 21.1 Å². The van der Waals surface area contributed by atoms with E-state index in [0.29, 0.717) is 17.2 Å². The number of hydrogen-bond acceptors (Lipinski definition) is 6. The van der Waals surface area contributed by atoms with Crippen LogP contribution in [0.2, 0.25) is 5.02 Å². The molecule has 2 aromatic rings. The Bertz CT molecular complexity index is 764. The Morgan fingerprint density at radius 2 is 1.70 bits per heavy atom. The van der Waals surface area contributed by atoms with E-state index in [-0.39, 0.29) is 0 Å². The van der Waals surface area contributed by atoms with E-state index in [1.807, 2.05) is 43.3 Å². The molecule has 3 rings (SSSR count). The number of hydrogen-bond donors (Lipinski definition) is 4. The summed E-state index contributed by atoms with van der Waals surface area (Å²) in [4.78, 5) is 0. The predicted octanol–water partition coefficient (Wildman–Crippen LogP) is 1.42. The maximum atomic E-state index is 10.2. The normalized spacial score (nSPS) is 28.1. The molecule has 0 aromatic heterocycles. The lowest BCUT2D eigenvalue weighted by molar-refractivity contribution is -0.277. The van der Waals surface area contributed by atoms with Gasteiger partial charge < -0.3 is 29.9 Å². The van der Waals surface area contributed by atoms with E-state index in [1.54, 1.807) is 6.07 Å². The van der Waals surface area contributed by atoms with Crippen molar-refractivity contribution >= 4 is 11.6 Å². The minimum Gasteiger partial charge on any atom is -0.462 e.